The quantitative estimate of drug-likeness (QED) is 0.671. The zero-order valence-corrected chi connectivity index (χ0v) is 16.9. The van der Waals surface area contributed by atoms with E-state index in [0.717, 1.165) is 61.4 Å². The number of rotatable bonds is 5. The number of amides is 1. The summed E-state index contributed by atoms with van der Waals surface area (Å²) in [7, 11) is 0. The molecule has 2 fully saturated rings. The summed E-state index contributed by atoms with van der Waals surface area (Å²) in [5.74, 6) is 1.92. The molecule has 1 amide bonds. The van der Waals surface area contributed by atoms with E-state index in [1.54, 1.807) is 12.4 Å². The molecule has 1 unspecified atom stereocenters. The SMILES string of the molecule is O=C(C1CCC1)N1CCCC1c1nc(Nc2ccccc2)cc(-c2ccncc2)n1. The van der Waals surface area contributed by atoms with E-state index in [9.17, 15) is 4.79 Å². The second kappa shape index (κ2) is 8.22. The molecule has 3 aromatic rings. The second-order valence-corrected chi connectivity index (χ2v) is 8.04. The summed E-state index contributed by atoms with van der Waals surface area (Å²) in [6.07, 6.45) is 8.62. The Labute approximate surface area is 176 Å². The number of nitrogens with one attached hydrogen (secondary N) is 1. The summed E-state index contributed by atoms with van der Waals surface area (Å²) < 4.78 is 0. The van der Waals surface area contributed by atoms with Crippen LogP contribution in [0, 0.1) is 5.92 Å². The van der Waals surface area contributed by atoms with Crippen LogP contribution in [-0.2, 0) is 4.79 Å². The van der Waals surface area contributed by atoms with Gasteiger partial charge in [-0.3, -0.25) is 9.78 Å². The highest BCUT2D eigenvalue weighted by Crippen LogP contribution is 2.37. The van der Waals surface area contributed by atoms with Gasteiger partial charge in [-0.15, -0.1) is 0 Å². The molecule has 3 heterocycles. The van der Waals surface area contributed by atoms with Crippen LogP contribution < -0.4 is 5.32 Å². The van der Waals surface area contributed by atoms with E-state index in [4.69, 9.17) is 9.97 Å². The molecule has 0 spiro atoms. The molecule has 1 saturated carbocycles. The molecule has 6 heteroatoms. The zero-order chi connectivity index (χ0) is 20.3. The first-order valence-electron chi connectivity index (χ1n) is 10.7. The number of para-hydroxylation sites is 1. The van der Waals surface area contributed by atoms with Crippen molar-refractivity contribution in [2.45, 2.75) is 38.1 Å². The van der Waals surface area contributed by atoms with Crippen molar-refractivity contribution in [2.24, 2.45) is 5.92 Å². The van der Waals surface area contributed by atoms with Crippen LogP contribution >= 0.6 is 0 Å². The van der Waals surface area contributed by atoms with E-state index in [-0.39, 0.29) is 17.9 Å². The number of benzene rings is 1. The lowest BCUT2D eigenvalue weighted by atomic mass is 9.84. The van der Waals surface area contributed by atoms with Gasteiger partial charge in [-0.25, -0.2) is 9.97 Å². The molecule has 1 saturated heterocycles. The largest absolute Gasteiger partial charge is 0.340 e. The highest BCUT2D eigenvalue weighted by atomic mass is 16.2. The van der Waals surface area contributed by atoms with Gasteiger partial charge < -0.3 is 10.2 Å². The van der Waals surface area contributed by atoms with Crippen molar-refractivity contribution in [3.05, 3.63) is 66.7 Å². The maximum Gasteiger partial charge on any atom is 0.226 e. The summed E-state index contributed by atoms with van der Waals surface area (Å²) in [6.45, 7) is 0.796. The fourth-order valence-corrected chi connectivity index (χ4v) is 4.21. The van der Waals surface area contributed by atoms with Crippen LogP contribution in [0.4, 0.5) is 11.5 Å². The predicted molar refractivity (Wildman–Crippen MR) is 116 cm³/mol. The third-order valence-corrected chi connectivity index (χ3v) is 6.05. The topological polar surface area (TPSA) is 71.0 Å². The first-order chi connectivity index (χ1) is 14.8. The van der Waals surface area contributed by atoms with Crippen LogP contribution in [0.5, 0.6) is 0 Å². The minimum absolute atomic E-state index is 0.0591. The first-order valence-corrected chi connectivity index (χ1v) is 10.7. The molecule has 0 bridgehead atoms. The number of pyridine rings is 1. The minimum atomic E-state index is -0.0591. The summed E-state index contributed by atoms with van der Waals surface area (Å²) in [5.41, 5.74) is 2.79. The lowest BCUT2D eigenvalue weighted by Gasteiger charge is -2.32. The van der Waals surface area contributed by atoms with Crippen molar-refractivity contribution in [1.82, 2.24) is 19.9 Å². The van der Waals surface area contributed by atoms with Crippen LogP contribution in [0.2, 0.25) is 0 Å². The van der Waals surface area contributed by atoms with Crippen molar-refractivity contribution in [1.29, 1.82) is 0 Å². The smallest absolute Gasteiger partial charge is 0.226 e. The van der Waals surface area contributed by atoms with Gasteiger partial charge in [0.05, 0.1) is 11.7 Å². The normalized spacial score (nSPS) is 18.8. The van der Waals surface area contributed by atoms with Gasteiger partial charge in [0, 0.05) is 42.2 Å². The number of aromatic nitrogens is 3. The van der Waals surface area contributed by atoms with Gasteiger partial charge in [0.1, 0.15) is 5.82 Å². The number of likely N-dealkylation sites (tertiary alicyclic amines) is 1. The summed E-state index contributed by atoms with van der Waals surface area (Å²) >= 11 is 0. The Hall–Kier alpha value is -3.28. The molecule has 1 aliphatic carbocycles. The molecule has 1 atom stereocenters. The fraction of sp³-hybridized carbons (Fsp3) is 0.333. The van der Waals surface area contributed by atoms with E-state index in [1.165, 1.54) is 0 Å². The van der Waals surface area contributed by atoms with Gasteiger partial charge in [0.25, 0.3) is 0 Å². The summed E-state index contributed by atoms with van der Waals surface area (Å²) in [6, 6.07) is 15.8. The van der Waals surface area contributed by atoms with Gasteiger partial charge in [-0.2, -0.15) is 0 Å². The van der Waals surface area contributed by atoms with Crippen molar-refractivity contribution in [3.63, 3.8) is 0 Å². The Bertz CT molecular complexity index is 1020. The van der Waals surface area contributed by atoms with E-state index in [2.05, 4.69) is 10.3 Å². The maximum atomic E-state index is 13.0. The van der Waals surface area contributed by atoms with Gasteiger partial charge in [-0.05, 0) is 49.9 Å². The van der Waals surface area contributed by atoms with Crippen molar-refractivity contribution in [2.75, 3.05) is 11.9 Å². The summed E-state index contributed by atoms with van der Waals surface area (Å²) in [5, 5.41) is 3.40. The van der Waals surface area contributed by atoms with Crippen LogP contribution in [0.1, 0.15) is 44.0 Å². The Balaban J connectivity index is 1.51. The minimum Gasteiger partial charge on any atom is -0.340 e. The lowest BCUT2D eigenvalue weighted by molar-refractivity contribution is -0.139. The predicted octanol–water partition coefficient (Wildman–Crippen LogP) is 4.75. The van der Waals surface area contributed by atoms with Crippen LogP contribution in [-0.4, -0.2) is 32.3 Å². The standard InChI is InChI=1S/C24H25N5O/c30-24(18-6-4-7-18)29-15-5-10-21(29)23-27-20(17-11-13-25-14-12-17)16-22(28-23)26-19-8-2-1-3-9-19/h1-3,8-9,11-14,16,18,21H,4-7,10,15H2,(H,26,27,28). The molecule has 6 nitrogen and oxygen atoms in total. The third-order valence-electron chi connectivity index (χ3n) is 6.05. The zero-order valence-electron chi connectivity index (χ0n) is 16.9. The van der Waals surface area contributed by atoms with E-state index < -0.39 is 0 Å². The molecule has 1 aliphatic heterocycles. The molecule has 2 aliphatic rings. The number of hydrogen-bond donors (Lipinski definition) is 1. The van der Waals surface area contributed by atoms with Crippen molar-refractivity contribution >= 4 is 17.4 Å². The van der Waals surface area contributed by atoms with E-state index in [0.29, 0.717) is 5.82 Å². The molecule has 1 aromatic carbocycles. The van der Waals surface area contributed by atoms with Crippen molar-refractivity contribution in [3.8, 4) is 11.3 Å². The van der Waals surface area contributed by atoms with E-state index >= 15 is 0 Å². The van der Waals surface area contributed by atoms with E-state index in [1.807, 2.05) is 53.4 Å². The first kappa shape index (κ1) is 18.7. The Morgan fingerprint density at radius 2 is 1.77 bits per heavy atom. The molecule has 1 N–H and O–H groups in total. The second-order valence-electron chi connectivity index (χ2n) is 8.04. The Morgan fingerprint density at radius 3 is 2.50 bits per heavy atom. The molecular weight excluding hydrogens is 374 g/mol. The molecule has 0 radical (unpaired) electrons. The Morgan fingerprint density at radius 1 is 0.967 bits per heavy atom. The average molecular weight is 399 g/mol. The third kappa shape index (κ3) is 3.77. The van der Waals surface area contributed by atoms with Crippen LogP contribution in [0.15, 0.2) is 60.9 Å². The highest BCUT2D eigenvalue weighted by molar-refractivity contribution is 5.80. The van der Waals surface area contributed by atoms with Crippen LogP contribution in [0.3, 0.4) is 0 Å². The van der Waals surface area contributed by atoms with Gasteiger partial charge in [0.2, 0.25) is 5.91 Å². The van der Waals surface area contributed by atoms with Gasteiger partial charge in [0.15, 0.2) is 5.82 Å². The number of nitrogens with zero attached hydrogens (tertiary/aromatic N) is 4. The molecular formula is C24H25N5O. The molecule has 5 rings (SSSR count). The monoisotopic (exact) mass is 399 g/mol. The average Bonchev–Trinajstić information content (AvgIpc) is 3.24. The number of anilines is 2. The summed E-state index contributed by atoms with van der Waals surface area (Å²) in [4.78, 5) is 28.9. The highest BCUT2D eigenvalue weighted by Gasteiger charge is 2.37. The fourth-order valence-electron chi connectivity index (χ4n) is 4.21. The van der Waals surface area contributed by atoms with Gasteiger partial charge in [-0.1, -0.05) is 24.6 Å². The number of carbonyl (C=O) groups excluding carboxylic acids is 1. The van der Waals surface area contributed by atoms with Crippen LogP contribution in [0.25, 0.3) is 11.3 Å². The lowest BCUT2D eigenvalue weighted by Crippen LogP contribution is -2.38. The molecule has 30 heavy (non-hydrogen) atoms. The Kier molecular flexibility index (Phi) is 5.13. The molecule has 2 aromatic heterocycles. The maximum absolute atomic E-state index is 13.0. The number of carbonyl (C=O) groups is 1. The van der Waals surface area contributed by atoms with Crippen molar-refractivity contribution < 1.29 is 4.79 Å². The number of hydrogen-bond acceptors (Lipinski definition) is 5. The van der Waals surface area contributed by atoms with Gasteiger partial charge >= 0.3 is 0 Å². The molecule has 152 valence electrons.